The van der Waals surface area contributed by atoms with Crippen LogP contribution in [0, 0.1) is 0 Å². The maximum absolute atomic E-state index is 11.0. The highest BCUT2D eigenvalue weighted by atomic mass is 35.5. The first-order valence-corrected chi connectivity index (χ1v) is 7.79. The van der Waals surface area contributed by atoms with Gasteiger partial charge in [0.1, 0.15) is 0 Å². The Labute approximate surface area is 131 Å². The minimum Gasteiger partial charge on any atom is -0.369 e. The van der Waals surface area contributed by atoms with Crippen molar-refractivity contribution < 1.29 is 4.79 Å². The van der Waals surface area contributed by atoms with Crippen LogP contribution in [0.4, 0.5) is 5.69 Å². The van der Waals surface area contributed by atoms with Crippen molar-refractivity contribution in [2.24, 2.45) is 5.84 Å². The van der Waals surface area contributed by atoms with Gasteiger partial charge in [-0.1, -0.05) is 17.7 Å². The molecule has 1 heterocycles. The quantitative estimate of drug-likeness (QED) is 0.363. The van der Waals surface area contributed by atoms with Gasteiger partial charge < -0.3 is 4.90 Å². The number of anilines is 1. The molecule has 2 rings (SSSR count). The minimum atomic E-state index is -0.0826. The van der Waals surface area contributed by atoms with Crippen molar-refractivity contribution in [3.8, 4) is 0 Å². The zero-order valence-corrected chi connectivity index (χ0v) is 13.0. The summed E-state index contributed by atoms with van der Waals surface area (Å²) in [5, 5.41) is 0.785. The number of benzene rings is 1. The fraction of sp³-hybridized carbons (Fsp3) is 0.533. The van der Waals surface area contributed by atoms with Crippen molar-refractivity contribution in [2.75, 3.05) is 37.6 Å². The van der Waals surface area contributed by atoms with Gasteiger partial charge in [-0.25, -0.2) is 5.84 Å². The highest BCUT2D eigenvalue weighted by Gasteiger charge is 2.16. The lowest BCUT2D eigenvalue weighted by Crippen LogP contribution is -2.46. The van der Waals surface area contributed by atoms with E-state index in [1.807, 2.05) is 18.2 Å². The predicted octanol–water partition coefficient (Wildman–Crippen LogP) is 1.62. The fourth-order valence-electron chi connectivity index (χ4n) is 2.60. The number of halogens is 1. The summed E-state index contributed by atoms with van der Waals surface area (Å²) < 4.78 is 0. The third-order valence-electron chi connectivity index (χ3n) is 3.83. The summed E-state index contributed by atoms with van der Waals surface area (Å²) in [6, 6.07) is 8.01. The SMILES string of the molecule is NNC(=O)CCCCN1CCN(c2cccc(Cl)c2)CC1. The van der Waals surface area contributed by atoms with Crippen molar-refractivity contribution in [2.45, 2.75) is 19.3 Å². The smallest absolute Gasteiger partial charge is 0.233 e. The van der Waals surface area contributed by atoms with E-state index in [1.165, 1.54) is 5.69 Å². The number of nitrogens with zero attached hydrogens (tertiary/aromatic N) is 2. The molecule has 1 aliphatic rings. The second kappa shape index (κ2) is 8.22. The van der Waals surface area contributed by atoms with Crippen molar-refractivity contribution in [3.63, 3.8) is 0 Å². The molecule has 1 fully saturated rings. The molecule has 6 heteroatoms. The molecule has 1 aromatic rings. The molecule has 1 amide bonds. The van der Waals surface area contributed by atoms with E-state index in [0.29, 0.717) is 6.42 Å². The van der Waals surface area contributed by atoms with Crippen molar-refractivity contribution in [1.82, 2.24) is 10.3 Å². The Morgan fingerprint density at radius 3 is 2.67 bits per heavy atom. The summed E-state index contributed by atoms with van der Waals surface area (Å²) in [7, 11) is 0. The second-order valence-electron chi connectivity index (χ2n) is 5.33. The lowest BCUT2D eigenvalue weighted by molar-refractivity contribution is -0.121. The molecule has 0 aliphatic carbocycles. The number of carbonyl (C=O) groups is 1. The van der Waals surface area contributed by atoms with Crippen LogP contribution in [-0.2, 0) is 4.79 Å². The molecular formula is C15H23ClN4O. The number of carbonyl (C=O) groups excluding carboxylic acids is 1. The summed E-state index contributed by atoms with van der Waals surface area (Å²) >= 11 is 6.04. The van der Waals surface area contributed by atoms with Gasteiger partial charge in [-0.05, 0) is 37.6 Å². The molecule has 3 N–H and O–H groups in total. The lowest BCUT2D eigenvalue weighted by atomic mass is 10.2. The first kappa shape index (κ1) is 16.1. The zero-order chi connectivity index (χ0) is 15.1. The maximum Gasteiger partial charge on any atom is 0.233 e. The van der Waals surface area contributed by atoms with Gasteiger partial charge in [-0.15, -0.1) is 0 Å². The normalized spacial score (nSPS) is 16.0. The van der Waals surface area contributed by atoms with Crippen LogP contribution in [0.15, 0.2) is 24.3 Å². The summed E-state index contributed by atoms with van der Waals surface area (Å²) in [5.41, 5.74) is 3.36. The van der Waals surface area contributed by atoms with E-state index in [1.54, 1.807) is 0 Å². The van der Waals surface area contributed by atoms with E-state index < -0.39 is 0 Å². The largest absolute Gasteiger partial charge is 0.369 e. The Kier molecular flexibility index (Phi) is 6.29. The second-order valence-corrected chi connectivity index (χ2v) is 5.77. The Morgan fingerprint density at radius 2 is 2.00 bits per heavy atom. The Morgan fingerprint density at radius 1 is 1.24 bits per heavy atom. The van der Waals surface area contributed by atoms with E-state index >= 15 is 0 Å². The van der Waals surface area contributed by atoms with Gasteiger partial charge in [0.15, 0.2) is 0 Å². The molecule has 21 heavy (non-hydrogen) atoms. The van der Waals surface area contributed by atoms with Crippen molar-refractivity contribution >= 4 is 23.2 Å². The van der Waals surface area contributed by atoms with Crippen LogP contribution >= 0.6 is 11.6 Å². The fourth-order valence-corrected chi connectivity index (χ4v) is 2.78. The molecule has 1 aliphatic heterocycles. The summed E-state index contributed by atoms with van der Waals surface area (Å²) in [4.78, 5) is 15.8. The van der Waals surface area contributed by atoms with Crippen LogP contribution < -0.4 is 16.2 Å². The molecule has 0 atom stereocenters. The molecule has 0 bridgehead atoms. The molecular weight excluding hydrogens is 288 g/mol. The minimum absolute atomic E-state index is 0.0826. The summed E-state index contributed by atoms with van der Waals surface area (Å²) in [5.74, 6) is 4.97. The van der Waals surface area contributed by atoms with Crippen LogP contribution in [-0.4, -0.2) is 43.5 Å². The standard InChI is InChI=1S/C15H23ClN4O/c16-13-4-3-5-14(12-13)20-10-8-19(9-11-20)7-2-1-6-15(21)18-17/h3-5,12H,1-2,6-11,17H2,(H,18,21). The molecule has 1 aromatic carbocycles. The molecule has 116 valence electrons. The maximum atomic E-state index is 11.0. The van der Waals surface area contributed by atoms with E-state index in [2.05, 4.69) is 21.3 Å². The van der Waals surface area contributed by atoms with Gasteiger partial charge in [0.05, 0.1) is 0 Å². The van der Waals surface area contributed by atoms with Crippen LogP contribution in [0.2, 0.25) is 5.02 Å². The third kappa shape index (κ3) is 5.19. The molecule has 0 unspecified atom stereocenters. The van der Waals surface area contributed by atoms with E-state index in [4.69, 9.17) is 17.4 Å². The Balaban J connectivity index is 1.67. The van der Waals surface area contributed by atoms with Crippen molar-refractivity contribution in [1.29, 1.82) is 0 Å². The number of piperazine rings is 1. The first-order chi connectivity index (χ1) is 10.2. The van der Waals surface area contributed by atoms with Gasteiger partial charge in [0.2, 0.25) is 5.91 Å². The molecule has 0 spiro atoms. The molecule has 5 nitrogen and oxygen atoms in total. The first-order valence-electron chi connectivity index (χ1n) is 7.41. The van der Waals surface area contributed by atoms with Gasteiger partial charge in [0.25, 0.3) is 0 Å². The van der Waals surface area contributed by atoms with E-state index in [0.717, 1.165) is 50.6 Å². The Bertz CT molecular complexity index is 461. The molecule has 0 aromatic heterocycles. The lowest BCUT2D eigenvalue weighted by Gasteiger charge is -2.36. The van der Waals surface area contributed by atoms with Crippen LogP contribution in [0.1, 0.15) is 19.3 Å². The highest BCUT2D eigenvalue weighted by molar-refractivity contribution is 6.30. The molecule has 1 saturated heterocycles. The summed E-state index contributed by atoms with van der Waals surface area (Å²) in [6.07, 6.45) is 2.43. The third-order valence-corrected chi connectivity index (χ3v) is 4.07. The molecule has 0 radical (unpaired) electrons. The number of nitrogens with two attached hydrogens (primary N) is 1. The number of rotatable bonds is 6. The number of nitrogens with one attached hydrogen (secondary N) is 1. The number of hydrazine groups is 1. The van der Waals surface area contributed by atoms with Gasteiger partial charge in [0, 0.05) is 43.3 Å². The van der Waals surface area contributed by atoms with E-state index in [-0.39, 0.29) is 5.91 Å². The average molecular weight is 311 g/mol. The van der Waals surface area contributed by atoms with Crippen LogP contribution in [0.3, 0.4) is 0 Å². The van der Waals surface area contributed by atoms with Crippen LogP contribution in [0.25, 0.3) is 0 Å². The monoisotopic (exact) mass is 310 g/mol. The van der Waals surface area contributed by atoms with E-state index in [9.17, 15) is 4.79 Å². The number of hydrogen-bond donors (Lipinski definition) is 2. The number of amides is 1. The highest BCUT2D eigenvalue weighted by Crippen LogP contribution is 2.20. The van der Waals surface area contributed by atoms with Gasteiger partial charge in [-0.3, -0.25) is 15.1 Å². The average Bonchev–Trinajstić information content (AvgIpc) is 2.52. The summed E-state index contributed by atoms with van der Waals surface area (Å²) in [6.45, 7) is 5.18. The van der Waals surface area contributed by atoms with Gasteiger partial charge in [-0.2, -0.15) is 0 Å². The van der Waals surface area contributed by atoms with Gasteiger partial charge >= 0.3 is 0 Å². The number of hydrogen-bond acceptors (Lipinski definition) is 4. The Hall–Kier alpha value is -1.30. The zero-order valence-electron chi connectivity index (χ0n) is 12.2. The van der Waals surface area contributed by atoms with Crippen molar-refractivity contribution in [3.05, 3.63) is 29.3 Å². The topological polar surface area (TPSA) is 61.6 Å². The molecule has 0 saturated carbocycles. The predicted molar refractivity (Wildman–Crippen MR) is 86.3 cm³/mol. The van der Waals surface area contributed by atoms with Crippen LogP contribution in [0.5, 0.6) is 0 Å². The number of unbranched alkanes of at least 4 members (excludes halogenated alkanes) is 1.